The van der Waals surface area contributed by atoms with E-state index in [2.05, 4.69) is 48.3 Å². The number of fused-ring (bicyclic) bond motifs is 4. The molecule has 0 aliphatic carbocycles. The first-order chi connectivity index (χ1) is 20.0. The Morgan fingerprint density at radius 2 is 2.05 bits per heavy atom. The number of nitrogens with one attached hydrogen (secondary N) is 3. The second-order valence-corrected chi connectivity index (χ2v) is 9.90. The highest BCUT2D eigenvalue weighted by Crippen LogP contribution is 2.29. The lowest BCUT2D eigenvalue weighted by atomic mass is 9.99. The minimum Gasteiger partial charge on any atom is -0.453 e. The highest BCUT2D eigenvalue weighted by Gasteiger charge is 2.19. The fourth-order valence-corrected chi connectivity index (χ4v) is 4.85. The molecule has 0 saturated heterocycles. The number of nitrogens with zero attached hydrogens (tertiary/aromatic N) is 5. The Morgan fingerprint density at radius 1 is 1.17 bits per heavy atom. The van der Waals surface area contributed by atoms with Crippen LogP contribution in [-0.2, 0) is 16.0 Å². The van der Waals surface area contributed by atoms with Crippen LogP contribution < -0.4 is 10.6 Å². The SMILES string of the molecule is COC(=O)Nc1ccc2c(c1)CCC/C=C/CC[C@H](NC(=O)/C=C/c1cc(Cl)ccc1-n1cnnn1)c1ncc-2[nH]1. The van der Waals surface area contributed by atoms with Crippen LogP contribution in [0, 0.1) is 0 Å². The summed E-state index contributed by atoms with van der Waals surface area (Å²) in [6, 6.07) is 10.7. The maximum atomic E-state index is 13.1. The molecule has 5 rings (SSSR count). The molecule has 1 atom stereocenters. The van der Waals surface area contributed by atoms with Crippen LogP contribution in [-0.4, -0.2) is 49.3 Å². The monoisotopic (exact) mass is 572 g/mol. The van der Waals surface area contributed by atoms with Gasteiger partial charge in [0.2, 0.25) is 5.91 Å². The van der Waals surface area contributed by atoms with E-state index < -0.39 is 6.09 Å². The molecule has 0 unspecified atom stereocenters. The lowest BCUT2D eigenvalue weighted by Crippen LogP contribution is -2.27. The highest BCUT2D eigenvalue weighted by atomic mass is 35.5. The summed E-state index contributed by atoms with van der Waals surface area (Å²) in [5, 5.41) is 17.6. The van der Waals surface area contributed by atoms with Gasteiger partial charge in [0.05, 0.1) is 30.7 Å². The number of aryl methyl sites for hydroxylation is 1. The molecule has 11 nitrogen and oxygen atoms in total. The zero-order valence-electron chi connectivity index (χ0n) is 22.4. The molecular formula is C29H29ClN8O3. The zero-order chi connectivity index (χ0) is 28.6. The van der Waals surface area contributed by atoms with Crippen molar-refractivity contribution in [1.82, 2.24) is 35.5 Å². The van der Waals surface area contributed by atoms with Gasteiger partial charge in [-0.05, 0) is 84.5 Å². The average molecular weight is 573 g/mol. The van der Waals surface area contributed by atoms with Crippen molar-refractivity contribution in [2.24, 2.45) is 0 Å². The number of allylic oxidation sites excluding steroid dienone is 2. The number of benzene rings is 2. The van der Waals surface area contributed by atoms with Crippen LogP contribution in [0.2, 0.25) is 5.02 Å². The van der Waals surface area contributed by atoms with Gasteiger partial charge in [-0.2, -0.15) is 4.68 Å². The number of aromatic amines is 1. The minimum absolute atomic E-state index is 0.275. The maximum absolute atomic E-state index is 13.1. The molecule has 0 spiro atoms. The molecule has 3 N–H and O–H groups in total. The zero-order valence-corrected chi connectivity index (χ0v) is 23.1. The minimum atomic E-state index is -0.518. The predicted molar refractivity (Wildman–Crippen MR) is 155 cm³/mol. The van der Waals surface area contributed by atoms with E-state index in [1.807, 2.05) is 18.2 Å². The Hall–Kier alpha value is -4.77. The normalized spacial score (nSPS) is 16.1. The standard InChI is InChI=1S/C29H29ClN8O3/c1-41-29(40)33-22-11-12-23-19(16-22)7-5-3-2-4-6-8-24(28-31-17-25(23)35-28)34-27(39)14-9-20-15-21(30)10-13-26(20)38-18-32-36-37-38/h2,4,9-18,24H,3,5-8H2,1H3,(H,31,35)(H,33,40)(H,34,39)/b4-2+,14-9+/t24-/m0/s1. The number of aromatic nitrogens is 6. The first kappa shape index (κ1) is 27.8. The smallest absolute Gasteiger partial charge is 0.411 e. The van der Waals surface area contributed by atoms with Crippen molar-refractivity contribution >= 4 is 35.4 Å². The van der Waals surface area contributed by atoms with E-state index in [1.54, 1.807) is 30.5 Å². The van der Waals surface area contributed by atoms with E-state index in [0.29, 0.717) is 34.2 Å². The maximum Gasteiger partial charge on any atom is 0.411 e. The summed E-state index contributed by atoms with van der Waals surface area (Å²) in [5.74, 6) is 0.386. The number of imidazole rings is 1. The van der Waals surface area contributed by atoms with E-state index in [4.69, 9.17) is 16.3 Å². The van der Waals surface area contributed by atoms with Gasteiger partial charge in [0.25, 0.3) is 0 Å². The van der Waals surface area contributed by atoms with Gasteiger partial charge in [-0.3, -0.25) is 10.1 Å². The van der Waals surface area contributed by atoms with Gasteiger partial charge in [0.1, 0.15) is 12.2 Å². The summed E-state index contributed by atoms with van der Waals surface area (Å²) in [6.45, 7) is 0. The summed E-state index contributed by atoms with van der Waals surface area (Å²) in [7, 11) is 1.33. The van der Waals surface area contributed by atoms with Crippen LogP contribution in [0.3, 0.4) is 0 Å². The molecule has 1 aliphatic rings. The number of rotatable bonds is 5. The van der Waals surface area contributed by atoms with Crippen LogP contribution in [0.25, 0.3) is 23.0 Å². The number of methoxy groups -OCH3 is 1. The molecule has 2 aromatic carbocycles. The highest BCUT2D eigenvalue weighted by molar-refractivity contribution is 6.30. The number of carbonyl (C=O) groups is 2. The Balaban J connectivity index is 1.38. The number of hydrogen-bond donors (Lipinski definition) is 3. The van der Waals surface area contributed by atoms with Crippen molar-refractivity contribution in [1.29, 1.82) is 0 Å². The Bertz CT molecular complexity index is 1580. The summed E-state index contributed by atoms with van der Waals surface area (Å²) >= 11 is 6.21. The van der Waals surface area contributed by atoms with Gasteiger partial charge in [0, 0.05) is 27.9 Å². The molecule has 1 aliphatic heterocycles. The molecule has 2 amide bonds. The van der Waals surface area contributed by atoms with Gasteiger partial charge < -0.3 is 15.0 Å². The Morgan fingerprint density at radius 3 is 2.88 bits per heavy atom. The first-order valence-electron chi connectivity index (χ1n) is 13.2. The third-order valence-corrected chi connectivity index (χ3v) is 6.91. The largest absolute Gasteiger partial charge is 0.453 e. The van der Waals surface area contributed by atoms with Gasteiger partial charge in [-0.15, -0.1) is 5.10 Å². The quantitative estimate of drug-likeness (QED) is 0.214. The number of anilines is 1. The Labute approximate surface area is 241 Å². The van der Waals surface area contributed by atoms with E-state index >= 15 is 0 Å². The number of amides is 2. The number of carbonyl (C=O) groups excluding carboxylic acids is 2. The molecule has 41 heavy (non-hydrogen) atoms. The van der Waals surface area contributed by atoms with Gasteiger partial charge in [0.15, 0.2) is 0 Å². The molecule has 0 radical (unpaired) electrons. The lowest BCUT2D eigenvalue weighted by Gasteiger charge is -2.15. The summed E-state index contributed by atoms with van der Waals surface area (Å²) < 4.78 is 6.24. The fourth-order valence-electron chi connectivity index (χ4n) is 4.67. The van der Waals surface area contributed by atoms with Crippen molar-refractivity contribution in [2.45, 2.75) is 38.1 Å². The molecule has 210 valence electrons. The van der Waals surface area contributed by atoms with Crippen molar-refractivity contribution in [3.63, 3.8) is 0 Å². The lowest BCUT2D eigenvalue weighted by molar-refractivity contribution is -0.117. The second kappa shape index (κ2) is 13.1. The predicted octanol–water partition coefficient (Wildman–Crippen LogP) is 5.43. The summed E-state index contributed by atoms with van der Waals surface area (Å²) in [5.41, 5.74) is 4.95. The molecule has 2 aromatic heterocycles. The Kier molecular flexibility index (Phi) is 8.85. The number of ether oxygens (including phenoxy) is 1. The number of H-pyrrole nitrogens is 1. The van der Waals surface area contributed by atoms with E-state index in [0.717, 1.165) is 42.5 Å². The third kappa shape index (κ3) is 7.06. The molecule has 12 heteroatoms. The first-order valence-corrected chi connectivity index (χ1v) is 13.6. The van der Waals surface area contributed by atoms with Gasteiger partial charge in [-0.1, -0.05) is 29.8 Å². The molecule has 4 aromatic rings. The molecule has 2 bridgehead atoms. The van der Waals surface area contributed by atoms with E-state index in [-0.39, 0.29) is 11.9 Å². The molecule has 0 fully saturated rings. The van der Waals surface area contributed by atoms with Crippen molar-refractivity contribution < 1.29 is 14.3 Å². The van der Waals surface area contributed by atoms with Gasteiger partial charge >= 0.3 is 6.09 Å². The number of tetrazole rings is 1. The van der Waals surface area contributed by atoms with Crippen LogP contribution >= 0.6 is 11.6 Å². The summed E-state index contributed by atoms with van der Waals surface area (Å²) in [4.78, 5) is 32.8. The van der Waals surface area contributed by atoms with E-state index in [9.17, 15) is 9.59 Å². The molecule has 3 heterocycles. The van der Waals surface area contributed by atoms with Crippen LogP contribution in [0.5, 0.6) is 0 Å². The number of hydrogen-bond acceptors (Lipinski definition) is 7. The van der Waals surface area contributed by atoms with Gasteiger partial charge in [-0.25, -0.2) is 9.78 Å². The van der Waals surface area contributed by atoms with Crippen molar-refractivity contribution in [2.75, 3.05) is 12.4 Å². The fraction of sp³-hybridized carbons (Fsp3) is 0.241. The molecule has 0 saturated carbocycles. The van der Waals surface area contributed by atoms with Crippen LogP contribution in [0.4, 0.5) is 10.5 Å². The summed E-state index contributed by atoms with van der Waals surface area (Å²) in [6.07, 6.45) is 14.3. The number of halogens is 1. The van der Waals surface area contributed by atoms with Crippen LogP contribution in [0.1, 0.15) is 48.7 Å². The third-order valence-electron chi connectivity index (χ3n) is 6.67. The van der Waals surface area contributed by atoms with Crippen molar-refractivity contribution in [3.05, 3.63) is 89.1 Å². The van der Waals surface area contributed by atoms with Crippen molar-refractivity contribution in [3.8, 4) is 16.9 Å². The van der Waals surface area contributed by atoms with Crippen LogP contribution in [0.15, 0.2) is 67.2 Å². The second-order valence-electron chi connectivity index (χ2n) is 9.46. The average Bonchev–Trinajstić information content (AvgIpc) is 3.68. The topological polar surface area (TPSA) is 140 Å². The van der Waals surface area contributed by atoms with E-state index in [1.165, 1.54) is 24.2 Å². The molecular weight excluding hydrogens is 544 g/mol.